The molecule has 0 N–H and O–H groups in total. The second kappa shape index (κ2) is 10.4. The molecule has 0 aliphatic heterocycles. The van der Waals surface area contributed by atoms with Crippen molar-refractivity contribution in [2.24, 2.45) is 0 Å². The smallest absolute Gasteiger partial charge is 0.421 e. The summed E-state index contributed by atoms with van der Waals surface area (Å²) in [6.45, 7) is 7.58. The maximum atomic E-state index is 12.6. The Balaban J connectivity index is 1.93. The summed E-state index contributed by atoms with van der Waals surface area (Å²) in [7, 11) is 3.99. The molecule has 8 heteroatoms. The Bertz CT molecular complexity index is 939. The highest BCUT2D eigenvalue weighted by atomic mass is 16.7. The zero-order valence-corrected chi connectivity index (χ0v) is 19.2. The van der Waals surface area contributed by atoms with Crippen LogP contribution in [-0.2, 0) is 30.2 Å². The van der Waals surface area contributed by atoms with Gasteiger partial charge in [0.05, 0.1) is 18.4 Å². The molecule has 1 aromatic carbocycles. The molecule has 0 unspecified atom stereocenters. The number of hydrogen-bond acceptors (Lipinski definition) is 7. The molecule has 0 saturated carbocycles. The predicted molar refractivity (Wildman–Crippen MR) is 117 cm³/mol. The molecule has 2 aromatic rings. The number of likely N-dealkylation sites (N-methyl/N-ethyl adjacent to an activating group) is 1. The van der Waals surface area contributed by atoms with E-state index in [4.69, 9.17) is 14.2 Å². The average molecular weight is 433 g/mol. The Morgan fingerprint density at radius 3 is 2.35 bits per heavy atom. The second-order valence-electron chi connectivity index (χ2n) is 8.73. The Hall–Kier alpha value is -2.87. The molecule has 2 rings (SSSR count). The maximum absolute atomic E-state index is 12.6. The Labute approximate surface area is 183 Å². The molecule has 1 heterocycles. The fourth-order valence-electron chi connectivity index (χ4n) is 2.99. The topological polar surface area (TPSA) is 87.1 Å². The molecule has 1 aromatic heterocycles. The fraction of sp³-hybridized carbons (Fsp3) is 0.522. The van der Waals surface area contributed by atoms with Gasteiger partial charge in [-0.25, -0.2) is 4.79 Å². The van der Waals surface area contributed by atoms with Gasteiger partial charge in [-0.1, -0.05) is 11.6 Å². The maximum Gasteiger partial charge on any atom is 0.421 e. The summed E-state index contributed by atoms with van der Waals surface area (Å²) in [5.41, 5.74) is 2.27. The largest absolute Gasteiger partial charge is 0.460 e. The number of carbonyl (C=O) groups is 3. The third-order valence-electron chi connectivity index (χ3n) is 4.42. The molecule has 8 nitrogen and oxygen atoms in total. The number of carbonyl (C=O) groups excluding carboxylic acids is 3. The van der Waals surface area contributed by atoms with Gasteiger partial charge in [0.15, 0.2) is 0 Å². The van der Waals surface area contributed by atoms with Gasteiger partial charge in [-0.05, 0) is 65.9 Å². The van der Waals surface area contributed by atoms with Crippen LogP contribution in [-0.4, -0.2) is 60.5 Å². The van der Waals surface area contributed by atoms with Crippen molar-refractivity contribution in [2.75, 3.05) is 27.4 Å². The molecular formula is C23H32N2O6. The summed E-state index contributed by atoms with van der Waals surface area (Å²) in [6.07, 6.45) is 1.67. The van der Waals surface area contributed by atoms with Crippen LogP contribution in [0.2, 0.25) is 0 Å². The summed E-state index contributed by atoms with van der Waals surface area (Å²) in [6, 6.07) is 5.84. The number of esters is 2. The minimum atomic E-state index is -0.640. The lowest BCUT2D eigenvalue weighted by Gasteiger charge is -2.19. The van der Waals surface area contributed by atoms with Crippen molar-refractivity contribution in [3.05, 3.63) is 35.5 Å². The molecule has 170 valence electrons. The standard InChI is InChI=1S/C23H32N2O6/c1-16-7-8-19-18(13-16)17(11-12-24(5)6)14-25(19)22(28)30-15-29-20(26)9-10-21(27)31-23(2,3)4/h7-8,13-14H,9-12,15H2,1-6H3. The van der Waals surface area contributed by atoms with Crippen molar-refractivity contribution in [1.29, 1.82) is 0 Å². The lowest BCUT2D eigenvalue weighted by Crippen LogP contribution is -2.24. The van der Waals surface area contributed by atoms with Crippen molar-refractivity contribution < 1.29 is 28.6 Å². The minimum absolute atomic E-state index is 0.0964. The highest BCUT2D eigenvalue weighted by Gasteiger charge is 2.18. The van der Waals surface area contributed by atoms with Gasteiger partial charge in [-0.3, -0.25) is 14.2 Å². The van der Waals surface area contributed by atoms with E-state index in [-0.39, 0.29) is 12.8 Å². The van der Waals surface area contributed by atoms with Crippen LogP contribution in [0.3, 0.4) is 0 Å². The third kappa shape index (κ3) is 7.71. The van der Waals surface area contributed by atoms with Crippen LogP contribution in [0.15, 0.2) is 24.4 Å². The van der Waals surface area contributed by atoms with Crippen LogP contribution in [0.25, 0.3) is 10.9 Å². The average Bonchev–Trinajstić information content (AvgIpc) is 3.01. The van der Waals surface area contributed by atoms with E-state index in [1.165, 1.54) is 4.57 Å². The summed E-state index contributed by atoms with van der Waals surface area (Å²) in [5, 5.41) is 0.994. The van der Waals surface area contributed by atoms with E-state index in [2.05, 4.69) is 4.90 Å². The molecule has 0 amide bonds. The van der Waals surface area contributed by atoms with Crippen LogP contribution in [0.1, 0.15) is 44.7 Å². The van der Waals surface area contributed by atoms with E-state index in [9.17, 15) is 14.4 Å². The summed E-state index contributed by atoms with van der Waals surface area (Å²) >= 11 is 0. The molecule has 0 saturated heterocycles. The quantitative estimate of drug-likeness (QED) is 0.465. The summed E-state index contributed by atoms with van der Waals surface area (Å²) in [5.74, 6) is -1.13. The summed E-state index contributed by atoms with van der Waals surface area (Å²) in [4.78, 5) is 38.1. The lowest BCUT2D eigenvalue weighted by molar-refractivity contribution is -0.160. The van der Waals surface area contributed by atoms with E-state index in [0.29, 0.717) is 0 Å². The molecule has 31 heavy (non-hydrogen) atoms. The SMILES string of the molecule is Cc1ccc2c(c1)c(CCN(C)C)cn2C(=O)OCOC(=O)CCC(=O)OC(C)(C)C. The molecule has 0 atom stereocenters. The van der Waals surface area contributed by atoms with Gasteiger partial charge in [0.2, 0.25) is 6.79 Å². The normalized spacial score (nSPS) is 11.6. The monoisotopic (exact) mass is 432 g/mol. The van der Waals surface area contributed by atoms with Gasteiger partial charge in [-0.15, -0.1) is 0 Å². The first kappa shape index (κ1) is 24.4. The van der Waals surface area contributed by atoms with E-state index < -0.39 is 30.4 Å². The predicted octanol–water partition coefficient (Wildman–Crippen LogP) is 3.66. The first-order valence-electron chi connectivity index (χ1n) is 10.3. The number of aromatic nitrogens is 1. The highest BCUT2D eigenvalue weighted by molar-refractivity contribution is 5.92. The third-order valence-corrected chi connectivity index (χ3v) is 4.42. The zero-order valence-electron chi connectivity index (χ0n) is 19.2. The molecular weight excluding hydrogens is 400 g/mol. The number of fused-ring (bicyclic) bond motifs is 1. The van der Waals surface area contributed by atoms with Crippen molar-refractivity contribution >= 4 is 28.9 Å². The van der Waals surface area contributed by atoms with Crippen molar-refractivity contribution in [3.63, 3.8) is 0 Å². The Morgan fingerprint density at radius 2 is 1.71 bits per heavy atom. The number of aryl methyl sites for hydroxylation is 1. The lowest BCUT2D eigenvalue weighted by atomic mass is 10.1. The van der Waals surface area contributed by atoms with Crippen LogP contribution in [0, 0.1) is 6.92 Å². The number of rotatable bonds is 8. The number of ether oxygens (including phenoxy) is 3. The highest BCUT2D eigenvalue weighted by Crippen LogP contribution is 2.24. The van der Waals surface area contributed by atoms with Crippen molar-refractivity contribution in [3.8, 4) is 0 Å². The van der Waals surface area contributed by atoms with Crippen LogP contribution in [0.4, 0.5) is 4.79 Å². The van der Waals surface area contributed by atoms with Gasteiger partial charge in [0, 0.05) is 18.1 Å². The van der Waals surface area contributed by atoms with Gasteiger partial charge in [0.25, 0.3) is 0 Å². The van der Waals surface area contributed by atoms with E-state index >= 15 is 0 Å². The van der Waals surface area contributed by atoms with Gasteiger partial charge < -0.3 is 19.1 Å². The molecule has 0 aliphatic carbocycles. The van der Waals surface area contributed by atoms with Crippen LogP contribution < -0.4 is 0 Å². The molecule has 0 spiro atoms. The van der Waals surface area contributed by atoms with E-state index in [0.717, 1.165) is 35.0 Å². The Morgan fingerprint density at radius 1 is 1.03 bits per heavy atom. The number of nitrogens with zero attached hydrogens (tertiary/aromatic N) is 2. The van der Waals surface area contributed by atoms with Gasteiger partial charge in [-0.2, -0.15) is 0 Å². The van der Waals surface area contributed by atoms with Crippen LogP contribution >= 0.6 is 0 Å². The fourth-order valence-corrected chi connectivity index (χ4v) is 2.99. The Kier molecular flexibility index (Phi) is 8.21. The van der Waals surface area contributed by atoms with Crippen molar-refractivity contribution in [1.82, 2.24) is 9.47 Å². The molecule has 0 bridgehead atoms. The summed E-state index contributed by atoms with van der Waals surface area (Å²) < 4.78 is 16.6. The zero-order chi connectivity index (χ0) is 23.2. The first-order chi connectivity index (χ1) is 14.5. The second-order valence-corrected chi connectivity index (χ2v) is 8.73. The van der Waals surface area contributed by atoms with Gasteiger partial charge in [0.1, 0.15) is 5.60 Å². The number of hydrogen-bond donors (Lipinski definition) is 0. The van der Waals surface area contributed by atoms with Gasteiger partial charge >= 0.3 is 18.0 Å². The van der Waals surface area contributed by atoms with Crippen LogP contribution in [0.5, 0.6) is 0 Å². The van der Waals surface area contributed by atoms with E-state index in [1.807, 2.05) is 39.2 Å². The van der Waals surface area contributed by atoms with E-state index in [1.54, 1.807) is 27.0 Å². The molecule has 0 radical (unpaired) electrons. The first-order valence-corrected chi connectivity index (χ1v) is 10.3. The molecule has 0 aliphatic rings. The minimum Gasteiger partial charge on any atom is -0.460 e. The number of benzene rings is 1. The molecule has 0 fully saturated rings. The van der Waals surface area contributed by atoms with Crippen molar-refractivity contribution in [2.45, 2.75) is 52.6 Å².